The molecular formula is C27H37IN4O2. The van der Waals surface area contributed by atoms with E-state index in [9.17, 15) is 4.79 Å². The molecule has 2 aliphatic rings. The fourth-order valence-corrected chi connectivity index (χ4v) is 4.97. The molecule has 1 fully saturated rings. The van der Waals surface area contributed by atoms with Crippen molar-refractivity contribution in [2.75, 3.05) is 27.2 Å². The summed E-state index contributed by atoms with van der Waals surface area (Å²) in [6.45, 7) is 3.53. The maximum absolute atomic E-state index is 12.3. The number of benzene rings is 2. The molecule has 0 saturated heterocycles. The number of fused-ring (bicyclic) bond motifs is 1. The summed E-state index contributed by atoms with van der Waals surface area (Å²) in [5.41, 5.74) is 2.98. The van der Waals surface area contributed by atoms with Crippen molar-refractivity contribution in [2.45, 2.75) is 57.1 Å². The molecule has 1 saturated carbocycles. The zero-order chi connectivity index (χ0) is 23.3. The van der Waals surface area contributed by atoms with Crippen LogP contribution >= 0.6 is 24.0 Å². The summed E-state index contributed by atoms with van der Waals surface area (Å²) in [4.78, 5) is 18.7. The van der Waals surface area contributed by atoms with E-state index in [4.69, 9.17) is 9.73 Å². The van der Waals surface area contributed by atoms with Gasteiger partial charge in [0.2, 0.25) is 0 Å². The van der Waals surface area contributed by atoms with Gasteiger partial charge in [0, 0.05) is 44.7 Å². The van der Waals surface area contributed by atoms with Gasteiger partial charge in [0.15, 0.2) is 5.96 Å². The van der Waals surface area contributed by atoms with Crippen LogP contribution in [-0.2, 0) is 6.42 Å². The second kappa shape index (κ2) is 11.9. The number of aliphatic imine (C=N–C) groups is 1. The lowest BCUT2D eigenvalue weighted by Gasteiger charge is -2.40. The van der Waals surface area contributed by atoms with E-state index in [0.717, 1.165) is 49.5 Å². The number of hydrogen-bond acceptors (Lipinski definition) is 3. The monoisotopic (exact) mass is 576 g/mol. The van der Waals surface area contributed by atoms with Gasteiger partial charge in [0.05, 0.1) is 6.04 Å². The summed E-state index contributed by atoms with van der Waals surface area (Å²) in [5.74, 6) is 1.85. The van der Waals surface area contributed by atoms with E-state index in [1.54, 1.807) is 19.0 Å². The third-order valence-corrected chi connectivity index (χ3v) is 6.62. The SMILES string of the molecule is CCNC(=NCCc1cccc(C(=O)N(C)C)c1)NC1CC2(CCCC2)Oc2ccccc21.I. The van der Waals surface area contributed by atoms with Gasteiger partial charge in [0.25, 0.3) is 5.91 Å². The first-order valence-corrected chi connectivity index (χ1v) is 12.1. The van der Waals surface area contributed by atoms with Crippen LogP contribution in [0.5, 0.6) is 5.75 Å². The van der Waals surface area contributed by atoms with Gasteiger partial charge in [-0.05, 0) is 62.8 Å². The molecule has 1 atom stereocenters. The van der Waals surface area contributed by atoms with Crippen LogP contribution in [0.2, 0.25) is 0 Å². The van der Waals surface area contributed by atoms with Crippen molar-refractivity contribution in [2.24, 2.45) is 4.99 Å². The van der Waals surface area contributed by atoms with Gasteiger partial charge in [0.1, 0.15) is 11.4 Å². The number of halogens is 1. The Morgan fingerprint density at radius 3 is 2.65 bits per heavy atom. The highest BCUT2D eigenvalue weighted by Gasteiger charge is 2.43. The Morgan fingerprint density at radius 1 is 1.15 bits per heavy atom. The van der Waals surface area contributed by atoms with E-state index in [2.05, 4.69) is 47.9 Å². The van der Waals surface area contributed by atoms with Crippen molar-refractivity contribution < 1.29 is 9.53 Å². The number of carbonyl (C=O) groups excluding carboxylic acids is 1. The molecule has 6 nitrogen and oxygen atoms in total. The molecule has 0 aromatic heterocycles. The van der Waals surface area contributed by atoms with E-state index in [-0.39, 0.29) is 41.5 Å². The number of guanidine groups is 1. The third kappa shape index (κ3) is 6.23. The maximum Gasteiger partial charge on any atom is 0.253 e. The van der Waals surface area contributed by atoms with E-state index in [1.165, 1.54) is 18.4 Å². The first-order chi connectivity index (χ1) is 16.0. The minimum Gasteiger partial charge on any atom is -0.487 e. The molecule has 1 amide bonds. The molecule has 4 rings (SSSR count). The van der Waals surface area contributed by atoms with Crippen LogP contribution in [0.4, 0.5) is 0 Å². The first kappa shape index (κ1) is 26.3. The topological polar surface area (TPSA) is 66.0 Å². The molecule has 1 unspecified atom stereocenters. The molecule has 1 heterocycles. The number of para-hydroxylation sites is 1. The molecule has 2 aromatic rings. The largest absolute Gasteiger partial charge is 0.487 e. The van der Waals surface area contributed by atoms with Gasteiger partial charge < -0.3 is 20.3 Å². The van der Waals surface area contributed by atoms with E-state index in [1.807, 2.05) is 18.2 Å². The smallest absolute Gasteiger partial charge is 0.253 e. The quantitative estimate of drug-likeness (QED) is 0.291. The second-order valence-corrected chi connectivity index (χ2v) is 9.34. The van der Waals surface area contributed by atoms with Crippen LogP contribution in [0, 0.1) is 0 Å². The van der Waals surface area contributed by atoms with Crippen molar-refractivity contribution in [1.29, 1.82) is 0 Å². The minimum absolute atomic E-state index is 0. The molecule has 0 radical (unpaired) electrons. The summed E-state index contributed by atoms with van der Waals surface area (Å²) in [5, 5.41) is 7.10. The van der Waals surface area contributed by atoms with Crippen LogP contribution in [0.3, 0.4) is 0 Å². The Bertz CT molecular complexity index is 1000. The maximum atomic E-state index is 12.3. The molecule has 7 heteroatoms. The zero-order valence-electron chi connectivity index (χ0n) is 20.5. The van der Waals surface area contributed by atoms with Gasteiger partial charge in [-0.2, -0.15) is 0 Å². The minimum atomic E-state index is -0.0528. The number of amides is 1. The lowest BCUT2D eigenvalue weighted by molar-refractivity contribution is 0.0396. The number of rotatable bonds is 6. The molecular weight excluding hydrogens is 539 g/mol. The summed E-state index contributed by atoms with van der Waals surface area (Å²) >= 11 is 0. The fraction of sp³-hybridized carbons (Fsp3) is 0.481. The first-order valence-electron chi connectivity index (χ1n) is 12.1. The van der Waals surface area contributed by atoms with Crippen molar-refractivity contribution in [3.63, 3.8) is 0 Å². The number of nitrogens with one attached hydrogen (secondary N) is 2. The van der Waals surface area contributed by atoms with Crippen molar-refractivity contribution in [3.05, 3.63) is 65.2 Å². The van der Waals surface area contributed by atoms with Crippen molar-refractivity contribution in [3.8, 4) is 5.75 Å². The molecule has 34 heavy (non-hydrogen) atoms. The number of nitrogens with zero attached hydrogens (tertiary/aromatic N) is 2. The van der Waals surface area contributed by atoms with Crippen LogP contribution in [0.1, 0.15) is 66.6 Å². The zero-order valence-corrected chi connectivity index (χ0v) is 22.8. The average Bonchev–Trinajstić information content (AvgIpc) is 3.26. The predicted octanol–water partition coefficient (Wildman–Crippen LogP) is 4.94. The van der Waals surface area contributed by atoms with Crippen LogP contribution in [0.15, 0.2) is 53.5 Å². The summed E-state index contributed by atoms with van der Waals surface area (Å²) in [6, 6.07) is 16.4. The Hall–Kier alpha value is -2.29. The summed E-state index contributed by atoms with van der Waals surface area (Å²) in [6.07, 6.45) is 6.45. The van der Waals surface area contributed by atoms with Gasteiger partial charge >= 0.3 is 0 Å². The average molecular weight is 577 g/mol. The number of carbonyl (C=O) groups is 1. The molecule has 1 spiro atoms. The molecule has 2 N–H and O–H groups in total. The standard InChI is InChI=1S/C27H36N4O2.HI/c1-4-28-26(29-17-14-20-10-9-11-21(18-20)25(32)31(2)3)30-23-19-27(15-7-8-16-27)33-24-13-6-5-12-22(23)24;/h5-6,9-13,18,23H,4,7-8,14-17,19H2,1-3H3,(H2,28,29,30);1H. The normalized spacial score (nSPS) is 18.4. The lowest BCUT2D eigenvalue weighted by Crippen LogP contribution is -2.46. The number of hydrogen-bond donors (Lipinski definition) is 2. The third-order valence-electron chi connectivity index (χ3n) is 6.62. The van der Waals surface area contributed by atoms with Crippen LogP contribution < -0.4 is 15.4 Å². The van der Waals surface area contributed by atoms with Gasteiger partial charge in [-0.1, -0.05) is 30.3 Å². The van der Waals surface area contributed by atoms with Crippen molar-refractivity contribution in [1.82, 2.24) is 15.5 Å². The molecule has 1 aliphatic heterocycles. The van der Waals surface area contributed by atoms with Gasteiger partial charge in [-0.25, -0.2) is 0 Å². The van der Waals surface area contributed by atoms with Crippen LogP contribution in [-0.4, -0.2) is 49.6 Å². The second-order valence-electron chi connectivity index (χ2n) is 9.34. The van der Waals surface area contributed by atoms with Crippen molar-refractivity contribution >= 4 is 35.8 Å². The van der Waals surface area contributed by atoms with Gasteiger partial charge in [-0.3, -0.25) is 9.79 Å². The lowest BCUT2D eigenvalue weighted by atomic mass is 9.86. The molecule has 1 aliphatic carbocycles. The van der Waals surface area contributed by atoms with E-state index >= 15 is 0 Å². The molecule has 2 aromatic carbocycles. The Balaban J connectivity index is 0.00000324. The summed E-state index contributed by atoms with van der Waals surface area (Å²) < 4.78 is 6.51. The highest BCUT2D eigenvalue weighted by atomic mass is 127. The summed E-state index contributed by atoms with van der Waals surface area (Å²) in [7, 11) is 3.55. The van der Waals surface area contributed by atoms with E-state index in [0.29, 0.717) is 12.1 Å². The fourth-order valence-electron chi connectivity index (χ4n) is 4.97. The predicted molar refractivity (Wildman–Crippen MR) is 148 cm³/mol. The molecule has 0 bridgehead atoms. The highest BCUT2D eigenvalue weighted by molar-refractivity contribution is 14.0. The van der Waals surface area contributed by atoms with E-state index < -0.39 is 0 Å². The Morgan fingerprint density at radius 2 is 1.91 bits per heavy atom. The Labute approximate surface area is 220 Å². The van der Waals surface area contributed by atoms with Crippen LogP contribution in [0.25, 0.3) is 0 Å². The highest BCUT2D eigenvalue weighted by Crippen LogP contribution is 2.46. The molecule has 184 valence electrons. The van der Waals surface area contributed by atoms with Gasteiger partial charge in [-0.15, -0.1) is 24.0 Å². The Kier molecular flexibility index (Phi) is 9.22. The number of ether oxygens (including phenoxy) is 1.